The van der Waals surface area contributed by atoms with Crippen LogP contribution in [0.15, 0.2) is 18.5 Å². The summed E-state index contributed by atoms with van der Waals surface area (Å²) < 4.78 is 1.66. The highest BCUT2D eigenvalue weighted by Gasteiger charge is 2.27. The number of carboxylic acid groups (broad SMARTS) is 1. The minimum absolute atomic E-state index is 0.344. The van der Waals surface area contributed by atoms with E-state index in [0.717, 1.165) is 41.8 Å². The van der Waals surface area contributed by atoms with Gasteiger partial charge in [0.2, 0.25) is 0 Å². The highest BCUT2D eigenvalue weighted by atomic mass is 16.4. The number of aromatic nitrogens is 3. The van der Waals surface area contributed by atoms with Crippen LogP contribution in [0.5, 0.6) is 0 Å². The van der Waals surface area contributed by atoms with Gasteiger partial charge in [0.1, 0.15) is 5.69 Å². The number of aryl methyl sites for hydroxylation is 2. The molecule has 116 valence electrons. The first-order chi connectivity index (χ1) is 10.6. The largest absolute Gasteiger partial charge is 0.477 e. The van der Waals surface area contributed by atoms with Crippen molar-refractivity contribution < 1.29 is 9.90 Å². The molecule has 3 rings (SSSR count). The second-order valence-electron chi connectivity index (χ2n) is 5.89. The summed E-state index contributed by atoms with van der Waals surface area (Å²) in [5.74, 6) is -0.892. The van der Waals surface area contributed by atoms with Crippen LogP contribution in [0.25, 0.3) is 11.3 Å². The summed E-state index contributed by atoms with van der Waals surface area (Å²) in [5.41, 5.74) is 4.17. The summed E-state index contributed by atoms with van der Waals surface area (Å²) in [6, 6.07) is 1.93. The molecular formula is C16H20N4O2. The maximum atomic E-state index is 11.7. The molecule has 0 unspecified atom stereocenters. The van der Waals surface area contributed by atoms with Crippen molar-refractivity contribution in [3.63, 3.8) is 0 Å². The van der Waals surface area contributed by atoms with Crippen LogP contribution in [-0.2, 0) is 19.4 Å². The number of aromatic carboxylic acids is 1. The molecule has 0 aliphatic heterocycles. The van der Waals surface area contributed by atoms with Gasteiger partial charge in [0, 0.05) is 30.1 Å². The molecule has 0 fully saturated rings. The molecule has 1 aliphatic carbocycles. The molecule has 2 aromatic heterocycles. The lowest BCUT2D eigenvalue weighted by Gasteiger charge is -2.14. The van der Waals surface area contributed by atoms with Crippen LogP contribution >= 0.6 is 0 Å². The molecule has 1 N–H and O–H groups in total. The van der Waals surface area contributed by atoms with Crippen LogP contribution < -0.4 is 0 Å². The van der Waals surface area contributed by atoms with Crippen LogP contribution in [0.4, 0.5) is 0 Å². The van der Waals surface area contributed by atoms with E-state index in [1.807, 2.05) is 26.4 Å². The van der Waals surface area contributed by atoms with E-state index in [4.69, 9.17) is 0 Å². The maximum Gasteiger partial charge on any atom is 0.354 e. The van der Waals surface area contributed by atoms with Gasteiger partial charge in [-0.15, -0.1) is 0 Å². The first kappa shape index (κ1) is 14.7. The quantitative estimate of drug-likeness (QED) is 0.910. The average Bonchev–Trinajstić information content (AvgIpc) is 2.85. The molecule has 6 heteroatoms. The van der Waals surface area contributed by atoms with Gasteiger partial charge in [-0.25, -0.2) is 4.79 Å². The highest BCUT2D eigenvalue weighted by molar-refractivity contribution is 5.90. The van der Waals surface area contributed by atoms with Gasteiger partial charge in [-0.3, -0.25) is 9.67 Å². The number of fused-ring (bicyclic) bond motifs is 3. The van der Waals surface area contributed by atoms with Crippen LogP contribution in [0.1, 0.15) is 28.0 Å². The number of carbonyl (C=O) groups is 1. The van der Waals surface area contributed by atoms with Gasteiger partial charge in [0.15, 0.2) is 0 Å². The van der Waals surface area contributed by atoms with Crippen molar-refractivity contribution >= 4 is 5.97 Å². The van der Waals surface area contributed by atoms with Crippen molar-refractivity contribution in [2.75, 3.05) is 20.6 Å². The highest BCUT2D eigenvalue weighted by Crippen LogP contribution is 2.34. The van der Waals surface area contributed by atoms with Crippen molar-refractivity contribution in [2.24, 2.45) is 0 Å². The van der Waals surface area contributed by atoms with Crippen molar-refractivity contribution in [2.45, 2.75) is 25.8 Å². The fourth-order valence-electron chi connectivity index (χ4n) is 3.01. The predicted molar refractivity (Wildman–Crippen MR) is 83.0 cm³/mol. The zero-order valence-electron chi connectivity index (χ0n) is 12.9. The molecule has 1 aliphatic rings. The van der Waals surface area contributed by atoms with Gasteiger partial charge >= 0.3 is 5.97 Å². The third kappa shape index (κ3) is 2.62. The third-order valence-corrected chi connectivity index (χ3v) is 4.03. The van der Waals surface area contributed by atoms with E-state index in [0.29, 0.717) is 18.7 Å². The number of nitrogens with zero attached hydrogens (tertiary/aromatic N) is 4. The molecule has 2 aromatic rings. The number of rotatable bonds is 5. The minimum Gasteiger partial charge on any atom is -0.477 e. The molecule has 0 radical (unpaired) electrons. The van der Waals surface area contributed by atoms with E-state index in [9.17, 15) is 9.90 Å². The van der Waals surface area contributed by atoms with Gasteiger partial charge in [0.05, 0.1) is 5.69 Å². The van der Waals surface area contributed by atoms with E-state index < -0.39 is 5.97 Å². The van der Waals surface area contributed by atoms with Crippen LogP contribution in [0.2, 0.25) is 0 Å². The van der Waals surface area contributed by atoms with Crippen LogP contribution in [0.3, 0.4) is 0 Å². The summed E-state index contributed by atoms with van der Waals surface area (Å²) in [6.07, 6.45) is 5.99. The second-order valence-corrected chi connectivity index (χ2v) is 5.89. The molecule has 0 saturated carbocycles. The Bertz CT molecular complexity index is 706. The zero-order chi connectivity index (χ0) is 15.7. The normalized spacial score (nSPS) is 13.0. The monoisotopic (exact) mass is 300 g/mol. The Morgan fingerprint density at radius 1 is 1.41 bits per heavy atom. The van der Waals surface area contributed by atoms with E-state index in [1.54, 1.807) is 10.9 Å². The molecule has 0 spiro atoms. The van der Waals surface area contributed by atoms with Gasteiger partial charge in [-0.2, -0.15) is 5.10 Å². The van der Waals surface area contributed by atoms with Crippen molar-refractivity contribution in [3.05, 3.63) is 35.3 Å². The topological polar surface area (TPSA) is 71.2 Å². The van der Waals surface area contributed by atoms with Crippen molar-refractivity contribution in [3.8, 4) is 11.3 Å². The molecule has 0 aromatic carbocycles. The van der Waals surface area contributed by atoms with E-state index in [-0.39, 0.29) is 0 Å². The lowest BCUT2D eigenvalue weighted by Crippen LogP contribution is -2.18. The molecule has 0 atom stereocenters. The summed E-state index contributed by atoms with van der Waals surface area (Å²) in [4.78, 5) is 17.9. The third-order valence-electron chi connectivity index (χ3n) is 4.03. The molecular weight excluding hydrogens is 280 g/mol. The second kappa shape index (κ2) is 5.88. The van der Waals surface area contributed by atoms with Gasteiger partial charge in [-0.1, -0.05) is 0 Å². The molecule has 0 amide bonds. The minimum atomic E-state index is -0.892. The Morgan fingerprint density at radius 3 is 2.95 bits per heavy atom. The lowest BCUT2D eigenvalue weighted by atomic mass is 9.90. The number of pyridine rings is 1. The molecule has 22 heavy (non-hydrogen) atoms. The number of carboxylic acids is 1. The van der Waals surface area contributed by atoms with Crippen molar-refractivity contribution in [1.82, 2.24) is 19.7 Å². The fraction of sp³-hybridized carbons (Fsp3) is 0.438. The Kier molecular flexibility index (Phi) is 3.94. The van der Waals surface area contributed by atoms with Crippen LogP contribution in [-0.4, -0.2) is 51.4 Å². The number of hydrogen-bond donors (Lipinski definition) is 1. The first-order valence-electron chi connectivity index (χ1n) is 7.49. The van der Waals surface area contributed by atoms with Crippen molar-refractivity contribution in [1.29, 1.82) is 0 Å². The first-order valence-corrected chi connectivity index (χ1v) is 7.49. The van der Waals surface area contributed by atoms with Gasteiger partial charge in [0.25, 0.3) is 0 Å². The summed E-state index contributed by atoms with van der Waals surface area (Å²) in [5, 5.41) is 14.2. The lowest BCUT2D eigenvalue weighted by molar-refractivity contribution is 0.0681. The predicted octanol–water partition coefficient (Wildman–Crippen LogP) is 1.69. The Morgan fingerprint density at radius 2 is 2.23 bits per heavy atom. The van der Waals surface area contributed by atoms with Gasteiger partial charge < -0.3 is 10.0 Å². The van der Waals surface area contributed by atoms with E-state index in [2.05, 4.69) is 15.0 Å². The molecule has 6 nitrogen and oxygen atoms in total. The van der Waals surface area contributed by atoms with E-state index >= 15 is 0 Å². The summed E-state index contributed by atoms with van der Waals surface area (Å²) in [7, 11) is 4.02. The van der Waals surface area contributed by atoms with E-state index in [1.165, 1.54) is 0 Å². The summed E-state index contributed by atoms with van der Waals surface area (Å²) in [6.45, 7) is 1.53. The fourth-order valence-corrected chi connectivity index (χ4v) is 3.01. The Labute approximate surface area is 129 Å². The van der Waals surface area contributed by atoms with Crippen LogP contribution in [0, 0.1) is 0 Å². The maximum absolute atomic E-state index is 11.7. The average molecular weight is 300 g/mol. The summed E-state index contributed by atoms with van der Waals surface area (Å²) >= 11 is 0. The smallest absolute Gasteiger partial charge is 0.354 e. The number of hydrogen-bond acceptors (Lipinski definition) is 4. The SMILES string of the molecule is CN(C)CCCn1nc2c(c1C(=O)O)CCc1cnccc1-2. The zero-order valence-corrected chi connectivity index (χ0v) is 12.9. The Balaban J connectivity index is 1.99. The molecule has 0 saturated heterocycles. The molecule has 2 heterocycles. The molecule has 0 bridgehead atoms. The standard InChI is InChI=1S/C16H20N4O2/c1-19(2)8-3-9-20-15(16(21)22)13-5-4-11-10-17-7-6-12(11)14(13)18-20/h6-7,10H,3-5,8-9H2,1-2H3,(H,21,22). The Hall–Kier alpha value is -2.21. The van der Waals surface area contributed by atoms with Gasteiger partial charge in [-0.05, 0) is 51.5 Å².